The number of aliphatic imine (C=N–C) groups is 1. The fraction of sp³-hybridized carbons (Fsp3) is 0.0769. The van der Waals surface area contributed by atoms with Crippen molar-refractivity contribution in [3.05, 3.63) is 101 Å². The summed E-state index contributed by atoms with van der Waals surface area (Å²) in [7, 11) is 1.60. The first-order chi connectivity index (χ1) is 15.7. The Kier molecular flexibility index (Phi) is 5.29. The molecule has 0 aromatic heterocycles. The van der Waals surface area contributed by atoms with E-state index in [1.54, 1.807) is 18.9 Å². The Morgan fingerprint density at radius 2 is 1.69 bits per heavy atom. The molecule has 3 aromatic carbocycles. The van der Waals surface area contributed by atoms with Crippen molar-refractivity contribution >= 4 is 35.0 Å². The molecule has 0 bridgehead atoms. The summed E-state index contributed by atoms with van der Waals surface area (Å²) in [4.78, 5) is 18.6. The Labute approximate surface area is 190 Å². The maximum absolute atomic E-state index is 12.8. The normalized spacial score (nSPS) is 17.1. The highest BCUT2D eigenvalue weighted by atomic mass is 32.2. The summed E-state index contributed by atoms with van der Waals surface area (Å²) >= 11 is 1.67. The summed E-state index contributed by atoms with van der Waals surface area (Å²) in [5.74, 6) is 1.70. The largest absolute Gasteiger partial charge is 0.497 e. The van der Waals surface area contributed by atoms with Crippen LogP contribution in [0, 0.1) is 0 Å². The van der Waals surface area contributed by atoms with Crippen molar-refractivity contribution in [3.63, 3.8) is 0 Å². The monoisotopic (exact) mass is 441 g/mol. The molecule has 3 aromatic rings. The first-order valence-electron chi connectivity index (χ1n) is 9.99. The molecule has 0 unspecified atom stereocenters. The number of carbonyl (C=O) groups is 1. The Hall–Kier alpha value is -3.77. The van der Waals surface area contributed by atoms with Gasteiger partial charge in [0.2, 0.25) is 5.90 Å². The first kappa shape index (κ1) is 20.2. The predicted octanol–water partition coefficient (Wildman–Crippen LogP) is 5.57. The van der Waals surface area contributed by atoms with Gasteiger partial charge in [-0.1, -0.05) is 30.3 Å². The van der Waals surface area contributed by atoms with Crippen LogP contribution in [-0.2, 0) is 9.53 Å². The van der Waals surface area contributed by atoms with Crippen LogP contribution in [0.4, 0.5) is 0 Å². The molecular weight excluding hydrogens is 422 g/mol. The number of fused-ring (bicyclic) bond motifs is 1. The summed E-state index contributed by atoms with van der Waals surface area (Å²) in [5.41, 5.74) is 3.23. The van der Waals surface area contributed by atoms with Gasteiger partial charge in [-0.2, -0.15) is 0 Å². The van der Waals surface area contributed by atoms with Gasteiger partial charge < -0.3 is 14.2 Å². The van der Waals surface area contributed by atoms with Crippen molar-refractivity contribution < 1.29 is 19.0 Å². The molecule has 158 valence electrons. The lowest BCUT2D eigenvalue weighted by Gasteiger charge is -2.21. The van der Waals surface area contributed by atoms with E-state index in [0.29, 0.717) is 22.8 Å². The molecule has 0 amide bonds. The Morgan fingerprint density at radius 1 is 0.906 bits per heavy atom. The number of cyclic esters (lactones) is 1. The van der Waals surface area contributed by atoms with E-state index in [-0.39, 0.29) is 11.6 Å². The number of ether oxygens (including phenoxy) is 3. The maximum Gasteiger partial charge on any atom is 0.364 e. The second-order valence-corrected chi connectivity index (χ2v) is 8.02. The molecule has 2 aliphatic rings. The predicted molar refractivity (Wildman–Crippen MR) is 126 cm³/mol. The summed E-state index contributed by atoms with van der Waals surface area (Å²) < 4.78 is 17.1. The second-order valence-electron chi connectivity index (χ2n) is 7.14. The number of carbonyl (C=O) groups excluding carboxylic acids is 1. The minimum atomic E-state index is -0.497. The maximum atomic E-state index is 12.8. The van der Waals surface area contributed by atoms with Gasteiger partial charge in [-0.15, -0.1) is 11.8 Å². The quantitative estimate of drug-likeness (QED) is 0.301. The van der Waals surface area contributed by atoms with Gasteiger partial charge in [-0.05, 0) is 54.8 Å². The zero-order valence-electron chi connectivity index (χ0n) is 17.5. The van der Waals surface area contributed by atoms with E-state index < -0.39 is 5.97 Å². The fourth-order valence-corrected chi connectivity index (χ4v) is 3.97. The van der Waals surface area contributed by atoms with Crippen molar-refractivity contribution in [3.8, 4) is 11.5 Å². The number of thioether (sulfide) groups is 1. The number of methoxy groups -OCH3 is 1. The molecule has 32 heavy (non-hydrogen) atoms. The SMILES string of the molecule is COc1ccc2c(c1)/C(=C1\N=C(c3ccccc3)OC1=O)C=C(c1ccc(SC)cc1)O2. The molecule has 0 radical (unpaired) electrons. The van der Waals surface area contributed by atoms with E-state index in [4.69, 9.17) is 14.2 Å². The van der Waals surface area contributed by atoms with E-state index >= 15 is 0 Å². The van der Waals surface area contributed by atoms with E-state index in [9.17, 15) is 4.79 Å². The number of hydrogen-bond acceptors (Lipinski definition) is 6. The van der Waals surface area contributed by atoms with Crippen molar-refractivity contribution in [2.45, 2.75) is 4.90 Å². The minimum Gasteiger partial charge on any atom is -0.497 e. The number of esters is 1. The number of rotatable bonds is 4. The van der Waals surface area contributed by atoms with Crippen LogP contribution in [0.5, 0.6) is 11.5 Å². The van der Waals surface area contributed by atoms with Crippen molar-refractivity contribution in [1.29, 1.82) is 0 Å². The van der Waals surface area contributed by atoms with E-state index in [2.05, 4.69) is 4.99 Å². The Bertz CT molecular complexity index is 1290. The van der Waals surface area contributed by atoms with Crippen LogP contribution in [0.15, 0.2) is 94.5 Å². The van der Waals surface area contributed by atoms with Crippen molar-refractivity contribution in [2.75, 3.05) is 13.4 Å². The van der Waals surface area contributed by atoms with Gasteiger partial charge in [0.25, 0.3) is 0 Å². The van der Waals surface area contributed by atoms with Crippen LogP contribution >= 0.6 is 11.8 Å². The standard InChI is InChI=1S/C26H19NO4S/c1-29-18-10-13-22-20(14-18)21(15-23(30-22)16-8-11-19(32-2)12-9-16)24-26(28)31-25(27-24)17-6-4-3-5-7-17/h3-15H,1-2H3/b24-21-. The molecule has 0 aliphatic carbocycles. The van der Waals surface area contributed by atoms with Gasteiger partial charge in [0.1, 0.15) is 17.3 Å². The van der Waals surface area contributed by atoms with Gasteiger partial charge >= 0.3 is 5.97 Å². The van der Waals surface area contributed by atoms with E-state index in [0.717, 1.165) is 21.6 Å². The lowest BCUT2D eigenvalue weighted by Crippen LogP contribution is -2.08. The second kappa shape index (κ2) is 8.40. The molecule has 6 heteroatoms. The number of benzene rings is 3. The molecule has 2 heterocycles. The van der Waals surface area contributed by atoms with Crippen LogP contribution < -0.4 is 9.47 Å². The number of hydrogen-bond donors (Lipinski definition) is 0. The van der Waals surface area contributed by atoms with Crippen LogP contribution in [0.2, 0.25) is 0 Å². The molecule has 0 fully saturated rings. The highest BCUT2D eigenvalue weighted by Gasteiger charge is 2.31. The third kappa shape index (κ3) is 3.69. The summed E-state index contributed by atoms with van der Waals surface area (Å²) in [6, 6.07) is 22.9. The summed E-state index contributed by atoms with van der Waals surface area (Å²) in [6.07, 6.45) is 3.87. The minimum absolute atomic E-state index is 0.236. The molecule has 0 saturated heterocycles. The Morgan fingerprint density at radius 3 is 2.41 bits per heavy atom. The van der Waals surface area contributed by atoms with Crippen LogP contribution in [0.25, 0.3) is 11.3 Å². The molecular formula is C26H19NO4S. The van der Waals surface area contributed by atoms with Crippen molar-refractivity contribution in [2.24, 2.45) is 4.99 Å². The van der Waals surface area contributed by atoms with Gasteiger partial charge in [0.05, 0.1) is 7.11 Å². The van der Waals surface area contributed by atoms with Crippen LogP contribution in [0.1, 0.15) is 16.7 Å². The molecule has 5 rings (SSSR count). The third-order valence-corrected chi connectivity index (χ3v) is 5.96. The topological polar surface area (TPSA) is 57.1 Å². The summed E-state index contributed by atoms with van der Waals surface area (Å²) in [5, 5.41) is 0. The first-order valence-corrected chi connectivity index (χ1v) is 11.2. The average Bonchev–Trinajstić information content (AvgIpc) is 3.25. The highest BCUT2D eigenvalue weighted by Crippen LogP contribution is 2.41. The van der Waals surface area contributed by atoms with Gasteiger partial charge in [-0.3, -0.25) is 0 Å². The zero-order valence-corrected chi connectivity index (χ0v) is 18.3. The molecule has 2 aliphatic heterocycles. The van der Waals surface area contributed by atoms with Crippen LogP contribution in [-0.4, -0.2) is 25.2 Å². The van der Waals surface area contributed by atoms with Gasteiger partial charge in [0.15, 0.2) is 5.70 Å². The lowest BCUT2D eigenvalue weighted by atomic mass is 9.97. The molecule has 0 saturated carbocycles. The average molecular weight is 442 g/mol. The van der Waals surface area contributed by atoms with E-state index in [1.807, 2.05) is 85.1 Å². The molecule has 5 nitrogen and oxygen atoms in total. The van der Waals surface area contributed by atoms with Gasteiger partial charge in [-0.25, -0.2) is 9.79 Å². The molecule has 0 N–H and O–H groups in total. The molecule has 0 atom stereocenters. The summed E-state index contributed by atoms with van der Waals surface area (Å²) in [6.45, 7) is 0. The molecule has 0 spiro atoms. The number of nitrogens with zero attached hydrogens (tertiary/aromatic N) is 1. The number of allylic oxidation sites excluding steroid dienone is 2. The highest BCUT2D eigenvalue weighted by molar-refractivity contribution is 7.98. The Balaban J connectivity index is 1.67. The van der Waals surface area contributed by atoms with E-state index in [1.165, 1.54) is 0 Å². The lowest BCUT2D eigenvalue weighted by molar-refractivity contribution is -0.129. The third-order valence-electron chi connectivity index (χ3n) is 5.22. The van der Waals surface area contributed by atoms with Gasteiger partial charge in [0, 0.05) is 27.2 Å². The fourth-order valence-electron chi connectivity index (χ4n) is 3.57. The van der Waals surface area contributed by atoms with Crippen LogP contribution in [0.3, 0.4) is 0 Å². The smallest absolute Gasteiger partial charge is 0.364 e. The zero-order chi connectivity index (χ0) is 22.1. The van der Waals surface area contributed by atoms with Crippen molar-refractivity contribution in [1.82, 2.24) is 0 Å².